The molecule has 1 heterocycles. The third-order valence-corrected chi connectivity index (χ3v) is 3.04. The number of pyridine rings is 1. The molecular weight excluding hydrogens is 255 g/mol. The zero-order valence-electron chi connectivity index (χ0n) is 11.8. The lowest BCUT2D eigenvalue weighted by Crippen LogP contribution is -2.20. The summed E-state index contributed by atoms with van der Waals surface area (Å²) in [7, 11) is 0. The number of nitrogens with one attached hydrogen (secondary N) is 1. The first-order valence-corrected chi connectivity index (χ1v) is 6.86. The van der Waals surface area contributed by atoms with Gasteiger partial charge in [0.15, 0.2) is 11.6 Å². The molecule has 0 bridgehead atoms. The van der Waals surface area contributed by atoms with Crippen molar-refractivity contribution in [1.82, 2.24) is 10.3 Å². The van der Waals surface area contributed by atoms with Gasteiger partial charge < -0.3 is 10.1 Å². The number of hydrogen-bond acceptors (Lipinski definition) is 3. The molecular formula is C16H19FN2O. The molecule has 2 aromatic rings. The minimum Gasteiger partial charge on any atom is -0.453 e. The Bertz CT molecular complexity index is 542. The van der Waals surface area contributed by atoms with Gasteiger partial charge in [-0.25, -0.2) is 4.39 Å². The van der Waals surface area contributed by atoms with Crippen LogP contribution in [0, 0.1) is 5.82 Å². The van der Waals surface area contributed by atoms with Crippen molar-refractivity contribution in [2.75, 3.05) is 6.54 Å². The van der Waals surface area contributed by atoms with Gasteiger partial charge in [-0.1, -0.05) is 26.0 Å². The molecule has 1 N–H and O–H groups in total. The Morgan fingerprint density at radius 3 is 2.60 bits per heavy atom. The Morgan fingerprint density at radius 1 is 1.20 bits per heavy atom. The second-order valence-corrected chi connectivity index (χ2v) is 4.47. The quantitative estimate of drug-likeness (QED) is 0.862. The molecule has 0 aliphatic rings. The van der Waals surface area contributed by atoms with Crippen molar-refractivity contribution in [3.05, 3.63) is 54.1 Å². The Morgan fingerprint density at radius 2 is 2.00 bits per heavy atom. The van der Waals surface area contributed by atoms with E-state index in [0.717, 1.165) is 18.7 Å². The standard InChI is InChI=1S/C16H19FN2O/c1-3-14(18-4-2)15-10-9-12(11-19-15)20-16-8-6-5-7-13(16)17/h5-11,14,18H,3-4H2,1-2H3. The summed E-state index contributed by atoms with van der Waals surface area (Å²) in [5.41, 5.74) is 0.968. The number of aromatic nitrogens is 1. The van der Waals surface area contributed by atoms with Gasteiger partial charge in [0.2, 0.25) is 0 Å². The van der Waals surface area contributed by atoms with E-state index >= 15 is 0 Å². The normalized spacial score (nSPS) is 12.2. The molecule has 0 spiro atoms. The van der Waals surface area contributed by atoms with Crippen molar-refractivity contribution in [2.24, 2.45) is 0 Å². The zero-order valence-corrected chi connectivity index (χ0v) is 11.8. The van der Waals surface area contributed by atoms with E-state index in [2.05, 4.69) is 24.1 Å². The van der Waals surface area contributed by atoms with E-state index in [4.69, 9.17) is 4.74 Å². The lowest BCUT2D eigenvalue weighted by Gasteiger charge is -2.15. The van der Waals surface area contributed by atoms with E-state index in [1.807, 2.05) is 12.1 Å². The van der Waals surface area contributed by atoms with Crippen LogP contribution in [0.15, 0.2) is 42.6 Å². The smallest absolute Gasteiger partial charge is 0.165 e. The van der Waals surface area contributed by atoms with Crippen LogP contribution in [0.1, 0.15) is 32.0 Å². The van der Waals surface area contributed by atoms with Gasteiger partial charge >= 0.3 is 0 Å². The lowest BCUT2D eigenvalue weighted by atomic mass is 10.1. The van der Waals surface area contributed by atoms with Gasteiger partial charge in [-0.05, 0) is 37.2 Å². The molecule has 1 atom stereocenters. The first kappa shape index (κ1) is 14.5. The average Bonchev–Trinajstić information content (AvgIpc) is 2.48. The van der Waals surface area contributed by atoms with Crippen LogP contribution in [0.25, 0.3) is 0 Å². The molecule has 1 unspecified atom stereocenters. The van der Waals surface area contributed by atoms with Crippen LogP contribution >= 0.6 is 0 Å². The average molecular weight is 274 g/mol. The Balaban J connectivity index is 2.10. The van der Waals surface area contributed by atoms with Crippen LogP contribution in [0.2, 0.25) is 0 Å². The molecule has 2 rings (SSSR count). The number of para-hydroxylation sites is 1. The van der Waals surface area contributed by atoms with Crippen LogP contribution in [0.5, 0.6) is 11.5 Å². The fraction of sp³-hybridized carbons (Fsp3) is 0.312. The highest BCUT2D eigenvalue weighted by atomic mass is 19.1. The predicted octanol–water partition coefficient (Wildman–Crippen LogP) is 4.07. The van der Waals surface area contributed by atoms with E-state index in [-0.39, 0.29) is 17.6 Å². The van der Waals surface area contributed by atoms with Gasteiger partial charge in [0, 0.05) is 6.04 Å². The summed E-state index contributed by atoms with van der Waals surface area (Å²) in [4.78, 5) is 4.38. The SMILES string of the molecule is CCNC(CC)c1ccc(Oc2ccccc2F)cn1. The number of rotatable bonds is 6. The summed E-state index contributed by atoms with van der Waals surface area (Å²) < 4.78 is 19.0. The zero-order chi connectivity index (χ0) is 14.4. The van der Waals surface area contributed by atoms with Crippen LogP contribution in [0.3, 0.4) is 0 Å². The fourth-order valence-electron chi connectivity index (χ4n) is 2.02. The van der Waals surface area contributed by atoms with Gasteiger partial charge in [0.05, 0.1) is 11.9 Å². The van der Waals surface area contributed by atoms with E-state index in [9.17, 15) is 4.39 Å². The van der Waals surface area contributed by atoms with E-state index in [1.165, 1.54) is 6.07 Å². The van der Waals surface area contributed by atoms with Crippen molar-refractivity contribution in [3.8, 4) is 11.5 Å². The van der Waals surface area contributed by atoms with E-state index in [1.54, 1.807) is 24.4 Å². The van der Waals surface area contributed by atoms with Crippen LogP contribution in [-0.2, 0) is 0 Å². The van der Waals surface area contributed by atoms with Gasteiger partial charge in [-0.15, -0.1) is 0 Å². The van der Waals surface area contributed by atoms with E-state index in [0.29, 0.717) is 5.75 Å². The summed E-state index contributed by atoms with van der Waals surface area (Å²) in [5.74, 6) is 0.363. The fourth-order valence-corrected chi connectivity index (χ4v) is 2.02. The second kappa shape index (κ2) is 7.01. The molecule has 4 heteroatoms. The van der Waals surface area contributed by atoms with Gasteiger partial charge in [-0.3, -0.25) is 4.98 Å². The maximum absolute atomic E-state index is 13.5. The summed E-state index contributed by atoms with van der Waals surface area (Å²) in [6.45, 7) is 5.07. The minimum atomic E-state index is -0.379. The molecule has 0 aliphatic heterocycles. The second-order valence-electron chi connectivity index (χ2n) is 4.47. The number of hydrogen-bond donors (Lipinski definition) is 1. The monoisotopic (exact) mass is 274 g/mol. The summed E-state index contributed by atoms with van der Waals surface area (Å²) in [5, 5.41) is 3.36. The summed E-state index contributed by atoms with van der Waals surface area (Å²) in [6.07, 6.45) is 2.59. The molecule has 20 heavy (non-hydrogen) atoms. The topological polar surface area (TPSA) is 34.1 Å². The third-order valence-electron chi connectivity index (χ3n) is 3.04. The Kier molecular flexibility index (Phi) is 5.07. The highest BCUT2D eigenvalue weighted by Crippen LogP contribution is 2.24. The van der Waals surface area contributed by atoms with Crippen molar-refractivity contribution in [1.29, 1.82) is 0 Å². The molecule has 0 radical (unpaired) electrons. The Labute approximate surface area is 118 Å². The van der Waals surface area contributed by atoms with Crippen molar-refractivity contribution < 1.29 is 9.13 Å². The highest BCUT2D eigenvalue weighted by Gasteiger charge is 2.10. The maximum atomic E-state index is 13.5. The molecule has 0 aliphatic carbocycles. The minimum absolute atomic E-state index is 0.209. The molecule has 0 saturated heterocycles. The molecule has 0 saturated carbocycles. The van der Waals surface area contributed by atoms with E-state index < -0.39 is 0 Å². The van der Waals surface area contributed by atoms with Crippen molar-refractivity contribution >= 4 is 0 Å². The highest BCUT2D eigenvalue weighted by molar-refractivity contribution is 5.31. The number of benzene rings is 1. The molecule has 1 aromatic carbocycles. The van der Waals surface area contributed by atoms with Gasteiger partial charge in [0.25, 0.3) is 0 Å². The molecule has 106 valence electrons. The van der Waals surface area contributed by atoms with Gasteiger partial charge in [-0.2, -0.15) is 0 Å². The largest absolute Gasteiger partial charge is 0.453 e. The lowest BCUT2D eigenvalue weighted by molar-refractivity contribution is 0.439. The molecule has 0 fully saturated rings. The van der Waals surface area contributed by atoms with Crippen molar-refractivity contribution in [3.63, 3.8) is 0 Å². The van der Waals surface area contributed by atoms with Crippen LogP contribution in [0.4, 0.5) is 4.39 Å². The maximum Gasteiger partial charge on any atom is 0.165 e. The number of halogens is 1. The molecule has 3 nitrogen and oxygen atoms in total. The number of ether oxygens (including phenoxy) is 1. The number of nitrogens with zero attached hydrogens (tertiary/aromatic N) is 1. The third kappa shape index (κ3) is 3.54. The summed E-state index contributed by atoms with van der Waals surface area (Å²) in [6, 6.07) is 10.3. The molecule has 0 amide bonds. The van der Waals surface area contributed by atoms with Gasteiger partial charge in [0.1, 0.15) is 5.75 Å². The van der Waals surface area contributed by atoms with Crippen LogP contribution < -0.4 is 10.1 Å². The molecule has 1 aromatic heterocycles. The Hall–Kier alpha value is -1.94. The van der Waals surface area contributed by atoms with Crippen molar-refractivity contribution in [2.45, 2.75) is 26.3 Å². The predicted molar refractivity (Wildman–Crippen MR) is 77.4 cm³/mol. The first-order chi connectivity index (χ1) is 9.74. The first-order valence-electron chi connectivity index (χ1n) is 6.86. The summed E-state index contributed by atoms with van der Waals surface area (Å²) >= 11 is 0. The van der Waals surface area contributed by atoms with Crippen LogP contribution in [-0.4, -0.2) is 11.5 Å².